The molecule has 7 heteroatoms. The quantitative estimate of drug-likeness (QED) is 0.824. The Balaban J connectivity index is 1.98. The highest BCUT2D eigenvalue weighted by atomic mass is 35.5. The Morgan fingerprint density at radius 3 is 2.40 bits per heavy atom. The largest absolute Gasteiger partial charge is 0.416 e. The second kappa shape index (κ2) is 7.89. The number of benzene rings is 2. The predicted octanol–water partition coefficient (Wildman–Crippen LogP) is 4.74. The monoisotopic (exact) mass is 370 g/mol. The summed E-state index contributed by atoms with van der Waals surface area (Å²) in [5.74, 6) is -0.434. The molecule has 0 aliphatic rings. The summed E-state index contributed by atoms with van der Waals surface area (Å²) < 4.78 is 38.3. The average molecular weight is 371 g/mol. The lowest BCUT2D eigenvalue weighted by Gasteiger charge is -2.17. The van der Waals surface area contributed by atoms with Gasteiger partial charge >= 0.3 is 6.18 Å². The lowest BCUT2D eigenvalue weighted by Crippen LogP contribution is -2.30. The van der Waals surface area contributed by atoms with Crippen LogP contribution in [0.25, 0.3) is 0 Å². The maximum absolute atomic E-state index is 12.8. The van der Waals surface area contributed by atoms with Gasteiger partial charge in [-0.1, -0.05) is 41.4 Å². The van der Waals surface area contributed by atoms with Gasteiger partial charge < -0.3 is 5.32 Å². The number of nitrogens with zero attached hydrogens (tertiary/aromatic N) is 1. The van der Waals surface area contributed by atoms with Gasteiger partial charge in [-0.05, 0) is 37.7 Å². The predicted molar refractivity (Wildman–Crippen MR) is 92.6 cm³/mol. The van der Waals surface area contributed by atoms with Crippen LogP contribution in [-0.2, 0) is 17.5 Å². The van der Waals surface area contributed by atoms with E-state index in [1.54, 1.807) is 11.9 Å². The summed E-state index contributed by atoms with van der Waals surface area (Å²) in [6.45, 7) is 2.56. The van der Waals surface area contributed by atoms with E-state index in [4.69, 9.17) is 11.6 Å². The van der Waals surface area contributed by atoms with E-state index >= 15 is 0 Å². The number of carbonyl (C=O) groups excluding carboxylic acids is 1. The molecule has 2 aromatic carbocycles. The van der Waals surface area contributed by atoms with E-state index in [0.717, 1.165) is 29.3 Å². The van der Waals surface area contributed by atoms with Gasteiger partial charge in [0.25, 0.3) is 0 Å². The number of nitrogens with one attached hydrogen (secondary N) is 1. The molecule has 0 fully saturated rings. The highest BCUT2D eigenvalue weighted by Gasteiger charge is 2.31. The molecule has 0 aliphatic carbocycles. The van der Waals surface area contributed by atoms with E-state index in [0.29, 0.717) is 6.54 Å². The third kappa shape index (κ3) is 5.76. The first-order valence-electron chi connectivity index (χ1n) is 7.56. The van der Waals surface area contributed by atoms with Gasteiger partial charge in [-0.3, -0.25) is 9.69 Å². The molecule has 0 bridgehead atoms. The third-order valence-electron chi connectivity index (χ3n) is 3.55. The second-order valence-corrected chi connectivity index (χ2v) is 6.31. The van der Waals surface area contributed by atoms with Crippen molar-refractivity contribution in [1.82, 2.24) is 4.90 Å². The lowest BCUT2D eigenvalue weighted by molar-refractivity contribution is -0.137. The van der Waals surface area contributed by atoms with Gasteiger partial charge in [-0.2, -0.15) is 13.2 Å². The van der Waals surface area contributed by atoms with Crippen LogP contribution in [0.4, 0.5) is 18.9 Å². The molecule has 0 aromatic heterocycles. The fourth-order valence-corrected chi connectivity index (χ4v) is 2.46. The fraction of sp³-hybridized carbons (Fsp3) is 0.278. The molecule has 0 saturated heterocycles. The van der Waals surface area contributed by atoms with Gasteiger partial charge in [0.1, 0.15) is 0 Å². The third-order valence-corrected chi connectivity index (χ3v) is 3.88. The zero-order valence-corrected chi connectivity index (χ0v) is 14.6. The van der Waals surface area contributed by atoms with Gasteiger partial charge in [0.2, 0.25) is 5.91 Å². The number of amides is 1. The number of hydrogen-bond donors (Lipinski definition) is 1. The highest BCUT2D eigenvalue weighted by molar-refractivity contribution is 6.33. The molecule has 2 aromatic rings. The van der Waals surface area contributed by atoms with Gasteiger partial charge in [-0.15, -0.1) is 0 Å². The van der Waals surface area contributed by atoms with E-state index in [-0.39, 0.29) is 17.3 Å². The van der Waals surface area contributed by atoms with Crippen molar-refractivity contribution < 1.29 is 18.0 Å². The molecule has 0 heterocycles. The number of hydrogen-bond acceptors (Lipinski definition) is 2. The first-order chi connectivity index (χ1) is 11.6. The van der Waals surface area contributed by atoms with Crippen molar-refractivity contribution in [1.29, 1.82) is 0 Å². The normalized spacial score (nSPS) is 11.6. The van der Waals surface area contributed by atoms with Gasteiger partial charge in [0.05, 0.1) is 22.8 Å². The maximum Gasteiger partial charge on any atom is 0.416 e. The van der Waals surface area contributed by atoms with Gasteiger partial charge in [0.15, 0.2) is 0 Å². The first kappa shape index (κ1) is 19.3. The Morgan fingerprint density at radius 1 is 1.16 bits per heavy atom. The smallest absolute Gasteiger partial charge is 0.324 e. The van der Waals surface area contributed by atoms with Crippen LogP contribution >= 0.6 is 11.6 Å². The van der Waals surface area contributed by atoms with E-state index in [1.807, 2.05) is 31.2 Å². The molecule has 0 spiro atoms. The van der Waals surface area contributed by atoms with E-state index in [9.17, 15) is 18.0 Å². The summed E-state index contributed by atoms with van der Waals surface area (Å²) in [6, 6.07) is 10.7. The summed E-state index contributed by atoms with van der Waals surface area (Å²) in [5, 5.41) is 2.49. The number of halogens is 4. The summed E-state index contributed by atoms with van der Waals surface area (Å²) in [4.78, 5) is 13.9. The van der Waals surface area contributed by atoms with Crippen LogP contribution in [0.15, 0.2) is 42.5 Å². The number of likely N-dealkylation sites (N-methyl/N-ethyl adjacent to an activating group) is 1. The standard InChI is InChI=1S/C18H18ClF3N2O/c1-12-3-5-13(6-4-12)10-24(2)11-17(25)23-16-9-14(18(20,21)22)7-8-15(16)19/h3-9H,10-11H2,1-2H3,(H,23,25). The van der Waals surface area contributed by atoms with Crippen LogP contribution in [0, 0.1) is 6.92 Å². The van der Waals surface area contributed by atoms with E-state index in [1.165, 1.54) is 0 Å². The molecule has 0 saturated carbocycles. The molecule has 1 N–H and O–H groups in total. The molecule has 0 unspecified atom stereocenters. The highest BCUT2D eigenvalue weighted by Crippen LogP contribution is 2.33. The summed E-state index contributed by atoms with van der Waals surface area (Å²) in [7, 11) is 1.76. The minimum Gasteiger partial charge on any atom is -0.324 e. The van der Waals surface area contributed by atoms with Crippen LogP contribution < -0.4 is 5.32 Å². The van der Waals surface area contributed by atoms with Crippen molar-refractivity contribution in [3.05, 3.63) is 64.2 Å². The van der Waals surface area contributed by atoms with E-state index < -0.39 is 17.6 Å². The van der Waals surface area contributed by atoms with Crippen LogP contribution in [0.5, 0.6) is 0 Å². The molecular formula is C18H18ClF3N2O. The van der Waals surface area contributed by atoms with Gasteiger partial charge in [0, 0.05) is 6.54 Å². The molecule has 0 radical (unpaired) electrons. The zero-order chi connectivity index (χ0) is 18.6. The second-order valence-electron chi connectivity index (χ2n) is 5.90. The van der Waals surface area contributed by atoms with Crippen molar-refractivity contribution in [2.45, 2.75) is 19.6 Å². The summed E-state index contributed by atoms with van der Waals surface area (Å²) in [6.07, 6.45) is -4.49. The molecule has 2 rings (SSSR count). The Hall–Kier alpha value is -2.05. The molecular weight excluding hydrogens is 353 g/mol. The van der Waals surface area contributed by atoms with Crippen LogP contribution in [-0.4, -0.2) is 24.4 Å². The minimum absolute atomic E-state index is 0.0282. The molecule has 3 nitrogen and oxygen atoms in total. The molecule has 0 aliphatic heterocycles. The lowest BCUT2D eigenvalue weighted by atomic mass is 10.1. The molecule has 134 valence electrons. The molecule has 1 amide bonds. The Bertz CT molecular complexity index is 745. The van der Waals surface area contributed by atoms with E-state index in [2.05, 4.69) is 5.32 Å². The number of alkyl halides is 3. The number of rotatable bonds is 5. The van der Waals surface area contributed by atoms with Crippen LogP contribution in [0.1, 0.15) is 16.7 Å². The first-order valence-corrected chi connectivity index (χ1v) is 7.93. The molecule has 25 heavy (non-hydrogen) atoms. The SMILES string of the molecule is Cc1ccc(CN(C)CC(=O)Nc2cc(C(F)(F)F)ccc2Cl)cc1. The van der Waals surface area contributed by atoms with Crippen LogP contribution in [0.2, 0.25) is 5.02 Å². The maximum atomic E-state index is 12.8. The minimum atomic E-state index is -4.49. The van der Waals surface area contributed by atoms with Crippen molar-refractivity contribution in [2.75, 3.05) is 18.9 Å². The Labute approximate surface area is 149 Å². The Morgan fingerprint density at radius 2 is 1.80 bits per heavy atom. The van der Waals surface area contributed by atoms with Gasteiger partial charge in [-0.25, -0.2) is 0 Å². The average Bonchev–Trinajstić information content (AvgIpc) is 2.50. The van der Waals surface area contributed by atoms with Crippen molar-refractivity contribution in [2.24, 2.45) is 0 Å². The Kier molecular flexibility index (Phi) is 6.08. The summed E-state index contributed by atoms with van der Waals surface area (Å²) in [5.41, 5.74) is 1.27. The topological polar surface area (TPSA) is 32.3 Å². The van der Waals surface area contributed by atoms with Crippen molar-refractivity contribution in [3.8, 4) is 0 Å². The van der Waals surface area contributed by atoms with Crippen molar-refractivity contribution >= 4 is 23.2 Å². The van der Waals surface area contributed by atoms with Crippen molar-refractivity contribution in [3.63, 3.8) is 0 Å². The number of anilines is 1. The molecule has 0 atom stereocenters. The zero-order valence-electron chi connectivity index (χ0n) is 13.8. The number of carbonyl (C=O) groups is 1. The fourth-order valence-electron chi connectivity index (χ4n) is 2.29. The summed E-state index contributed by atoms with van der Waals surface area (Å²) >= 11 is 5.88. The number of aryl methyl sites for hydroxylation is 1. The van der Waals surface area contributed by atoms with Crippen LogP contribution in [0.3, 0.4) is 0 Å².